The lowest BCUT2D eigenvalue weighted by molar-refractivity contribution is 1.45. The summed E-state index contributed by atoms with van der Waals surface area (Å²) in [6.45, 7) is 2.09. The maximum atomic E-state index is 3.46. The van der Waals surface area contributed by atoms with Crippen molar-refractivity contribution in [2.75, 3.05) is 5.32 Å². The third-order valence-corrected chi connectivity index (χ3v) is 3.93. The largest absolute Gasteiger partial charge is 0.356 e. The standard InChI is InChI=1S/C19H16BrN/c1-14-2-10-18(11-3-14)21-19-12-6-16(7-13-19)15-4-8-17(20)9-5-15/h2-13,21H,1H3. The van der Waals surface area contributed by atoms with Crippen LogP contribution >= 0.6 is 15.9 Å². The number of benzene rings is 3. The lowest BCUT2D eigenvalue weighted by atomic mass is 10.1. The zero-order valence-corrected chi connectivity index (χ0v) is 13.4. The quantitative estimate of drug-likeness (QED) is 0.602. The Balaban J connectivity index is 1.77. The Morgan fingerprint density at radius 2 is 1.05 bits per heavy atom. The highest BCUT2D eigenvalue weighted by atomic mass is 79.9. The average Bonchev–Trinajstić information content (AvgIpc) is 2.51. The fourth-order valence-corrected chi connectivity index (χ4v) is 2.46. The van der Waals surface area contributed by atoms with Gasteiger partial charge in [0.15, 0.2) is 0 Å². The monoisotopic (exact) mass is 337 g/mol. The molecular weight excluding hydrogens is 322 g/mol. The predicted octanol–water partition coefficient (Wildman–Crippen LogP) is 6.17. The molecular formula is C19H16BrN. The van der Waals surface area contributed by atoms with E-state index in [9.17, 15) is 0 Å². The van der Waals surface area contributed by atoms with Gasteiger partial charge < -0.3 is 5.32 Å². The lowest BCUT2D eigenvalue weighted by Gasteiger charge is -2.08. The summed E-state index contributed by atoms with van der Waals surface area (Å²) in [7, 11) is 0. The van der Waals surface area contributed by atoms with E-state index in [4.69, 9.17) is 0 Å². The third kappa shape index (κ3) is 3.53. The summed E-state index contributed by atoms with van der Waals surface area (Å²) in [4.78, 5) is 0. The molecule has 1 nitrogen and oxygen atoms in total. The van der Waals surface area contributed by atoms with Gasteiger partial charge >= 0.3 is 0 Å². The first kappa shape index (κ1) is 13.9. The van der Waals surface area contributed by atoms with E-state index in [0.717, 1.165) is 15.8 Å². The van der Waals surface area contributed by atoms with Crippen molar-refractivity contribution in [2.24, 2.45) is 0 Å². The summed E-state index contributed by atoms with van der Waals surface area (Å²) >= 11 is 3.46. The van der Waals surface area contributed by atoms with Gasteiger partial charge in [0, 0.05) is 15.8 Å². The molecule has 0 fully saturated rings. The van der Waals surface area contributed by atoms with Crippen molar-refractivity contribution < 1.29 is 0 Å². The predicted molar refractivity (Wildman–Crippen MR) is 94.0 cm³/mol. The van der Waals surface area contributed by atoms with Crippen LogP contribution in [0.1, 0.15) is 5.56 Å². The number of hydrogen-bond acceptors (Lipinski definition) is 1. The molecule has 0 aliphatic rings. The van der Waals surface area contributed by atoms with E-state index < -0.39 is 0 Å². The van der Waals surface area contributed by atoms with Crippen molar-refractivity contribution in [3.8, 4) is 11.1 Å². The van der Waals surface area contributed by atoms with E-state index in [2.05, 4.69) is 101 Å². The third-order valence-electron chi connectivity index (χ3n) is 3.40. The SMILES string of the molecule is Cc1ccc(Nc2ccc(-c3ccc(Br)cc3)cc2)cc1. The summed E-state index contributed by atoms with van der Waals surface area (Å²) < 4.78 is 1.10. The normalized spacial score (nSPS) is 10.4. The Kier molecular flexibility index (Phi) is 4.07. The Morgan fingerprint density at radius 1 is 0.619 bits per heavy atom. The van der Waals surface area contributed by atoms with Crippen LogP contribution in [0.2, 0.25) is 0 Å². The Hall–Kier alpha value is -2.06. The molecule has 1 N–H and O–H groups in total. The van der Waals surface area contributed by atoms with Gasteiger partial charge in [0.05, 0.1) is 0 Å². The Morgan fingerprint density at radius 3 is 1.57 bits per heavy atom. The molecule has 2 heteroatoms. The molecule has 0 aliphatic carbocycles. The molecule has 0 atom stereocenters. The molecule has 0 bridgehead atoms. The maximum Gasteiger partial charge on any atom is 0.0384 e. The van der Waals surface area contributed by atoms with Crippen LogP contribution in [0.5, 0.6) is 0 Å². The average molecular weight is 338 g/mol. The van der Waals surface area contributed by atoms with Gasteiger partial charge in [-0.05, 0) is 54.4 Å². The fraction of sp³-hybridized carbons (Fsp3) is 0.0526. The molecule has 3 aromatic rings. The second kappa shape index (κ2) is 6.15. The Labute approximate surface area is 133 Å². The van der Waals surface area contributed by atoms with Crippen molar-refractivity contribution in [1.29, 1.82) is 0 Å². The maximum absolute atomic E-state index is 3.46. The van der Waals surface area contributed by atoms with Crippen molar-refractivity contribution in [2.45, 2.75) is 6.92 Å². The molecule has 0 spiro atoms. The van der Waals surface area contributed by atoms with Crippen molar-refractivity contribution in [1.82, 2.24) is 0 Å². The highest BCUT2D eigenvalue weighted by Crippen LogP contribution is 2.24. The van der Waals surface area contributed by atoms with E-state index in [1.807, 2.05) is 0 Å². The number of rotatable bonds is 3. The van der Waals surface area contributed by atoms with Gasteiger partial charge in [-0.25, -0.2) is 0 Å². The molecule has 0 saturated carbocycles. The molecule has 0 heterocycles. The Bertz CT molecular complexity index is 713. The van der Waals surface area contributed by atoms with Gasteiger partial charge in [0.2, 0.25) is 0 Å². The van der Waals surface area contributed by atoms with Gasteiger partial charge in [-0.2, -0.15) is 0 Å². The summed E-state index contributed by atoms with van der Waals surface area (Å²) in [6, 6.07) is 25.3. The van der Waals surface area contributed by atoms with Gasteiger partial charge in [0.25, 0.3) is 0 Å². The van der Waals surface area contributed by atoms with Crippen LogP contribution in [0.4, 0.5) is 11.4 Å². The van der Waals surface area contributed by atoms with Gasteiger partial charge in [-0.1, -0.05) is 57.9 Å². The molecule has 0 aliphatic heterocycles. The first-order valence-corrected chi connectivity index (χ1v) is 7.70. The molecule has 104 valence electrons. The van der Waals surface area contributed by atoms with Crippen LogP contribution in [0.25, 0.3) is 11.1 Å². The van der Waals surface area contributed by atoms with Crippen LogP contribution in [-0.4, -0.2) is 0 Å². The van der Waals surface area contributed by atoms with Gasteiger partial charge in [-0.15, -0.1) is 0 Å². The van der Waals surface area contributed by atoms with Gasteiger partial charge in [0.1, 0.15) is 0 Å². The topological polar surface area (TPSA) is 12.0 Å². The minimum Gasteiger partial charge on any atom is -0.356 e. The summed E-state index contributed by atoms with van der Waals surface area (Å²) in [5.41, 5.74) is 5.92. The second-order valence-electron chi connectivity index (χ2n) is 5.08. The highest BCUT2D eigenvalue weighted by molar-refractivity contribution is 9.10. The van der Waals surface area contributed by atoms with E-state index in [-0.39, 0.29) is 0 Å². The van der Waals surface area contributed by atoms with E-state index in [1.165, 1.54) is 16.7 Å². The minimum atomic E-state index is 1.10. The number of nitrogens with one attached hydrogen (secondary N) is 1. The van der Waals surface area contributed by atoms with E-state index >= 15 is 0 Å². The zero-order valence-electron chi connectivity index (χ0n) is 11.8. The summed E-state index contributed by atoms with van der Waals surface area (Å²) in [5, 5.41) is 3.41. The number of anilines is 2. The molecule has 0 saturated heterocycles. The van der Waals surface area contributed by atoms with E-state index in [0.29, 0.717) is 0 Å². The highest BCUT2D eigenvalue weighted by Gasteiger charge is 1.99. The van der Waals surface area contributed by atoms with Crippen LogP contribution in [-0.2, 0) is 0 Å². The smallest absolute Gasteiger partial charge is 0.0384 e. The molecule has 0 aromatic heterocycles. The fourth-order valence-electron chi connectivity index (χ4n) is 2.19. The molecule has 3 rings (SSSR count). The summed E-state index contributed by atoms with van der Waals surface area (Å²) in [5.74, 6) is 0. The van der Waals surface area contributed by atoms with Crippen LogP contribution in [0, 0.1) is 6.92 Å². The first-order valence-electron chi connectivity index (χ1n) is 6.90. The van der Waals surface area contributed by atoms with Crippen LogP contribution < -0.4 is 5.32 Å². The van der Waals surface area contributed by atoms with Crippen molar-refractivity contribution in [3.05, 3.63) is 82.8 Å². The van der Waals surface area contributed by atoms with Gasteiger partial charge in [-0.3, -0.25) is 0 Å². The number of halogens is 1. The van der Waals surface area contributed by atoms with Crippen molar-refractivity contribution >= 4 is 27.3 Å². The number of hydrogen-bond donors (Lipinski definition) is 1. The zero-order chi connectivity index (χ0) is 14.7. The molecule has 0 radical (unpaired) electrons. The molecule has 0 amide bonds. The molecule has 21 heavy (non-hydrogen) atoms. The van der Waals surface area contributed by atoms with Crippen molar-refractivity contribution in [3.63, 3.8) is 0 Å². The summed E-state index contributed by atoms with van der Waals surface area (Å²) in [6.07, 6.45) is 0. The molecule has 3 aromatic carbocycles. The minimum absolute atomic E-state index is 1.10. The van der Waals surface area contributed by atoms with E-state index in [1.54, 1.807) is 0 Å². The molecule has 0 unspecified atom stereocenters. The second-order valence-corrected chi connectivity index (χ2v) is 5.99. The number of aryl methyl sites for hydroxylation is 1. The lowest BCUT2D eigenvalue weighted by Crippen LogP contribution is -1.90. The first-order chi connectivity index (χ1) is 10.2. The van der Waals surface area contributed by atoms with Crippen LogP contribution in [0.3, 0.4) is 0 Å². The van der Waals surface area contributed by atoms with Crippen LogP contribution in [0.15, 0.2) is 77.3 Å².